The smallest absolute Gasteiger partial charge is 0.118 e. The van der Waals surface area contributed by atoms with Crippen LogP contribution >= 0.6 is 0 Å². The monoisotopic (exact) mass is 271 g/mol. The van der Waals surface area contributed by atoms with E-state index in [4.69, 9.17) is 10.00 Å². The molecular formula is C15H13NO2S. The Balaban J connectivity index is 2.18. The summed E-state index contributed by atoms with van der Waals surface area (Å²) >= 11 is 0. The van der Waals surface area contributed by atoms with Crippen LogP contribution in [-0.2, 0) is 16.6 Å². The van der Waals surface area contributed by atoms with E-state index in [1.54, 1.807) is 43.5 Å². The van der Waals surface area contributed by atoms with Crippen LogP contribution in [0.5, 0.6) is 5.75 Å². The Bertz CT molecular complexity index is 629. The van der Waals surface area contributed by atoms with Crippen LogP contribution < -0.4 is 4.74 Å². The van der Waals surface area contributed by atoms with Crippen LogP contribution in [0.2, 0.25) is 0 Å². The average molecular weight is 271 g/mol. The first-order chi connectivity index (χ1) is 9.24. The molecule has 0 saturated heterocycles. The molecule has 0 aliphatic carbocycles. The van der Waals surface area contributed by atoms with Crippen molar-refractivity contribution in [1.82, 2.24) is 0 Å². The fourth-order valence-corrected chi connectivity index (χ4v) is 2.85. The Morgan fingerprint density at radius 1 is 1.16 bits per heavy atom. The van der Waals surface area contributed by atoms with Crippen LogP contribution in [0.15, 0.2) is 53.4 Å². The molecule has 0 N–H and O–H groups in total. The number of hydrogen-bond donors (Lipinski definition) is 0. The van der Waals surface area contributed by atoms with Crippen molar-refractivity contribution in [2.24, 2.45) is 0 Å². The fourth-order valence-electron chi connectivity index (χ4n) is 1.71. The molecule has 96 valence electrons. The summed E-state index contributed by atoms with van der Waals surface area (Å²) in [5, 5.41) is 9.00. The highest BCUT2D eigenvalue weighted by atomic mass is 32.2. The first-order valence-electron chi connectivity index (χ1n) is 5.75. The zero-order valence-corrected chi connectivity index (χ0v) is 11.3. The quantitative estimate of drug-likeness (QED) is 0.859. The van der Waals surface area contributed by atoms with Crippen molar-refractivity contribution in [1.29, 1.82) is 5.26 Å². The molecule has 0 aliphatic rings. The predicted molar refractivity (Wildman–Crippen MR) is 74.3 cm³/mol. The molecule has 4 heteroatoms. The Morgan fingerprint density at radius 3 is 2.47 bits per heavy atom. The lowest BCUT2D eigenvalue weighted by molar-refractivity contribution is 0.414. The van der Waals surface area contributed by atoms with Crippen LogP contribution in [-0.4, -0.2) is 11.3 Å². The summed E-state index contributed by atoms with van der Waals surface area (Å²) in [4.78, 5) is 0.730. The molecule has 0 saturated carbocycles. The largest absolute Gasteiger partial charge is 0.497 e. The molecule has 1 unspecified atom stereocenters. The van der Waals surface area contributed by atoms with Crippen LogP contribution in [0.3, 0.4) is 0 Å². The third-order valence-corrected chi connectivity index (χ3v) is 4.12. The van der Waals surface area contributed by atoms with E-state index in [1.165, 1.54) is 0 Å². The molecule has 1 atom stereocenters. The molecule has 2 rings (SSSR count). The first-order valence-corrected chi connectivity index (χ1v) is 7.07. The number of nitriles is 1. The summed E-state index contributed by atoms with van der Waals surface area (Å²) in [6.45, 7) is 0. The minimum absolute atomic E-state index is 0.343. The lowest BCUT2D eigenvalue weighted by Gasteiger charge is -2.05. The summed E-state index contributed by atoms with van der Waals surface area (Å²) in [5.41, 5.74) is 1.38. The third kappa shape index (κ3) is 3.21. The zero-order chi connectivity index (χ0) is 13.7. The second-order valence-corrected chi connectivity index (χ2v) is 5.39. The highest BCUT2D eigenvalue weighted by molar-refractivity contribution is 7.84. The average Bonchev–Trinajstić information content (AvgIpc) is 2.48. The minimum atomic E-state index is -1.16. The summed E-state index contributed by atoms with van der Waals surface area (Å²) in [6.07, 6.45) is 0. The lowest BCUT2D eigenvalue weighted by Crippen LogP contribution is -1.98. The van der Waals surface area contributed by atoms with Crippen molar-refractivity contribution in [3.05, 3.63) is 59.7 Å². The number of benzene rings is 2. The van der Waals surface area contributed by atoms with Gasteiger partial charge in [0, 0.05) is 4.90 Å². The van der Waals surface area contributed by atoms with Gasteiger partial charge in [0.05, 0.1) is 35.3 Å². The van der Waals surface area contributed by atoms with Crippen molar-refractivity contribution < 1.29 is 8.95 Å². The highest BCUT2D eigenvalue weighted by Crippen LogP contribution is 2.18. The second-order valence-electron chi connectivity index (χ2n) is 3.93. The van der Waals surface area contributed by atoms with E-state index in [9.17, 15) is 4.21 Å². The van der Waals surface area contributed by atoms with Gasteiger partial charge in [0.25, 0.3) is 0 Å². The van der Waals surface area contributed by atoms with E-state index in [0.29, 0.717) is 11.3 Å². The van der Waals surface area contributed by atoms with Gasteiger partial charge in [-0.2, -0.15) is 5.26 Å². The maximum Gasteiger partial charge on any atom is 0.118 e. The van der Waals surface area contributed by atoms with E-state index in [1.807, 2.05) is 12.1 Å². The molecular weight excluding hydrogens is 258 g/mol. The molecule has 0 bridgehead atoms. The first kappa shape index (κ1) is 13.3. The molecule has 0 aliphatic heterocycles. The number of hydrogen-bond acceptors (Lipinski definition) is 3. The molecule has 0 radical (unpaired) electrons. The zero-order valence-electron chi connectivity index (χ0n) is 10.5. The van der Waals surface area contributed by atoms with E-state index in [-0.39, 0.29) is 0 Å². The van der Waals surface area contributed by atoms with Crippen molar-refractivity contribution in [2.75, 3.05) is 7.11 Å². The third-order valence-electron chi connectivity index (χ3n) is 2.75. The van der Waals surface area contributed by atoms with Crippen LogP contribution in [0, 0.1) is 11.3 Å². The van der Waals surface area contributed by atoms with Crippen molar-refractivity contribution in [3.8, 4) is 11.8 Å². The molecule has 0 heterocycles. The lowest BCUT2D eigenvalue weighted by atomic mass is 10.1. The van der Waals surface area contributed by atoms with Crippen molar-refractivity contribution in [2.45, 2.75) is 10.6 Å². The van der Waals surface area contributed by atoms with Gasteiger partial charge >= 0.3 is 0 Å². The van der Waals surface area contributed by atoms with Gasteiger partial charge in [-0.3, -0.25) is 4.21 Å². The van der Waals surface area contributed by atoms with E-state index in [2.05, 4.69) is 6.07 Å². The SMILES string of the molecule is COc1ccc(S(=O)Cc2ccccc2C#N)cc1. The van der Waals surface area contributed by atoms with Gasteiger partial charge < -0.3 is 4.74 Å². The maximum absolute atomic E-state index is 12.2. The van der Waals surface area contributed by atoms with Gasteiger partial charge in [0.15, 0.2) is 0 Å². The summed E-state index contributed by atoms with van der Waals surface area (Å²) in [6, 6.07) is 16.5. The van der Waals surface area contributed by atoms with Crippen LogP contribution in [0.4, 0.5) is 0 Å². The summed E-state index contributed by atoms with van der Waals surface area (Å²) < 4.78 is 17.3. The number of methoxy groups -OCH3 is 1. The van der Waals surface area contributed by atoms with E-state index in [0.717, 1.165) is 16.2 Å². The second kappa shape index (κ2) is 6.17. The van der Waals surface area contributed by atoms with Gasteiger partial charge in [-0.1, -0.05) is 18.2 Å². The molecule has 0 spiro atoms. The molecule has 3 nitrogen and oxygen atoms in total. The minimum Gasteiger partial charge on any atom is -0.497 e. The number of rotatable bonds is 4. The van der Waals surface area contributed by atoms with Crippen LogP contribution in [0.1, 0.15) is 11.1 Å². The standard InChI is InChI=1S/C15H13NO2S/c1-18-14-6-8-15(9-7-14)19(17)11-13-5-3-2-4-12(13)10-16/h2-9H,11H2,1H3. The van der Waals surface area contributed by atoms with Gasteiger partial charge in [0.1, 0.15) is 5.75 Å². The topological polar surface area (TPSA) is 50.1 Å². The fraction of sp³-hybridized carbons (Fsp3) is 0.133. The van der Waals surface area contributed by atoms with Gasteiger partial charge in [-0.15, -0.1) is 0 Å². The molecule has 19 heavy (non-hydrogen) atoms. The van der Waals surface area contributed by atoms with Gasteiger partial charge in [-0.25, -0.2) is 0 Å². The van der Waals surface area contributed by atoms with Crippen molar-refractivity contribution >= 4 is 10.8 Å². The number of nitrogens with zero attached hydrogens (tertiary/aromatic N) is 1. The Kier molecular flexibility index (Phi) is 4.32. The Morgan fingerprint density at radius 2 is 1.84 bits per heavy atom. The van der Waals surface area contributed by atoms with Gasteiger partial charge in [0.2, 0.25) is 0 Å². The van der Waals surface area contributed by atoms with Crippen LogP contribution in [0.25, 0.3) is 0 Å². The molecule has 0 amide bonds. The Labute approximate surface area is 114 Å². The number of ether oxygens (including phenoxy) is 1. The van der Waals surface area contributed by atoms with Gasteiger partial charge in [-0.05, 0) is 35.9 Å². The van der Waals surface area contributed by atoms with Crippen molar-refractivity contribution in [3.63, 3.8) is 0 Å². The summed E-state index contributed by atoms with van der Waals surface area (Å²) in [7, 11) is 0.429. The molecule has 2 aromatic carbocycles. The Hall–Kier alpha value is -2.12. The molecule has 0 fully saturated rings. The molecule has 0 aromatic heterocycles. The van der Waals surface area contributed by atoms with E-state index < -0.39 is 10.8 Å². The molecule has 2 aromatic rings. The predicted octanol–water partition coefficient (Wildman–Crippen LogP) is 2.87. The summed E-state index contributed by atoms with van der Waals surface area (Å²) in [5.74, 6) is 1.08. The normalized spacial score (nSPS) is 11.6. The highest BCUT2D eigenvalue weighted by Gasteiger charge is 2.08. The van der Waals surface area contributed by atoms with E-state index >= 15 is 0 Å². The maximum atomic E-state index is 12.2.